The monoisotopic (exact) mass is 269 g/mol. The van der Waals surface area contributed by atoms with E-state index in [2.05, 4.69) is 5.32 Å². The Morgan fingerprint density at radius 3 is 2.61 bits per heavy atom. The summed E-state index contributed by atoms with van der Waals surface area (Å²) >= 11 is 5.92. The van der Waals surface area contributed by atoms with Crippen molar-refractivity contribution in [3.8, 4) is 0 Å². The maximum Gasteiger partial charge on any atom is 0.251 e. The molecule has 1 rings (SSSR count). The lowest BCUT2D eigenvalue weighted by Crippen LogP contribution is -2.34. The maximum atomic E-state index is 12.0. The molecule has 0 radical (unpaired) electrons. The van der Waals surface area contributed by atoms with Gasteiger partial charge in [0, 0.05) is 23.7 Å². The molecular weight excluding hydrogens is 250 g/mol. The summed E-state index contributed by atoms with van der Waals surface area (Å²) in [5.41, 5.74) is 1.42. The highest BCUT2D eigenvalue weighted by Gasteiger charge is 2.18. The van der Waals surface area contributed by atoms with Crippen LogP contribution in [0.25, 0.3) is 0 Å². The first-order valence-corrected chi connectivity index (χ1v) is 6.38. The molecule has 0 heterocycles. The number of hydrogen-bond donors (Lipinski definition) is 2. The fraction of sp³-hybridized carbons (Fsp3) is 0.500. The van der Waals surface area contributed by atoms with Gasteiger partial charge in [-0.05, 0) is 42.5 Å². The van der Waals surface area contributed by atoms with E-state index in [-0.39, 0.29) is 17.9 Å². The van der Waals surface area contributed by atoms with Crippen LogP contribution in [0.15, 0.2) is 18.2 Å². The van der Waals surface area contributed by atoms with Gasteiger partial charge in [0.25, 0.3) is 5.91 Å². The van der Waals surface area contributed by atoms with Gasteiger partial charge in [-0.3, -0.25) is 4.79 Å². The highest BCUT2D eigenvalue weighted by Crippen LogP contribution is 2.19. The van der Waals surface area contributed by atoms with E-state index in [0.29, 0.717) is 23.6 Å². The van der Waals surface area contributed by atoms with Gasteiger partial charge < -0.3 is 10.4 Å². The molecule has 0 aliphatic carbocycles. The van der Waals surface area contributed by atoms with Crippen LogP contribution in [0.1, 0.15) is 36.2 Å². The third kappa shape index (κ3) is 4.67. The van der Waals surface area contributed by atoms with E-state index in [1.807, 2.05) is 26.8 Å². The van der Waals surface area contributed by atoms with E-state index in [1.54, 1.807) is 12.1 Å². The predicted octanol–water partition coefficient (Wildman–Crippen LogP) is 2.79. The number of aliphatic hydroxyl groups is 1. The van der Waals surface area contributed by atoms with E-state index in [1.165, 1.54) is 0 Å². The summed E-state index contributed by atoms with van der Waals surface area (Å²) in [6.07, 6.45) is 0.655. The molecule has 0 saturated heterocycles. The number of halogens is 1. The van der Waals surface area contributed by atoms with Crippen molar-refractivity contribution >= 4 is 17.5 Å². The zero-order valence-corrected chi connectivity index (χ0v) is 11.8. The molecule has 0 atom stereocenters. The molecule has 0 aliphatic heterocycles. The average molecular weight is 270 g/mol. The SMILES string of the molecule is Cc1cc(Cl)cc(C(=O)NCC(C)(C)CCO)c1. The van der Waals surface area contributed by atoms with Crippen molar-refractivity contribution in [2.75, 3.05) is 13.2 Å². The van der Waals surface area contributed by atoms with Crippen molar-refractivity contribution in [3.05, 3.63) is 34.3 Å². The summed E-state index contributed by atoms with van der Waals surface area (Å²) in [6, 6.07) is 5.28. The second-order valence-corrected chi connectivity index (χ2v) is 5.77. The Morgan fingerprint density at radius 1 is 1.39 bits per heavy atom. The number of benzene rings is 1. The van der Waals surface area contributed by atoms with Gasteiger partial charge in [-0.1, -0.05) is 25.4 Å². The molecular formula is C14H20ClNO2. The van der Waals surface area contributed by atoms with Crippen LogP contribution in [0, 0.1) is 12.3 Å². The summed E-state index contributed by atoms with van der Waals surface area (Å²) in [5, 5.41) is 12.4. The van der Waals surface area contributed by atoms with Gasteiger partial charge in [-0.2, -0.15) is 0 Å². The highest BCUT2D eigenvalue weighted by molar-refractivity contribution is 6.31. The third-order valence-electron chi connectivity index (χ3n) is 2.82. The van der Waals surface area contributed by atoms with Gasteiger partial charge in [-0.15, -0.1) is 0 Å². The van der Waals surface area contributed by atoms with Gasteiger partial charge in [-0.25, -0.2) is 0 Å². The topological polar surface area (TPSA) is 49.3 Å². The number of aliphatic hydroxyl groups excluding tert-OH is 1. The Kier molecular flexibility index (Phi) is 5.17. The molecule has 1 aromatic rings. The second-order valence-electron chi connectivity index (χ2n) is 5.34. The molecule has 100 valence electrons. The Morgan fingerprint density at radius 2 is 2.06 bits per heavy atom. The van der Waals surface area contributed by atoms with Crippen LogP contribution in [0.5, 0.6) is 0 Å². The Balaban J connectivity index is 2.66. The number of hydrogen-bond acceptors (Lipinski definition) is 2. The van der Waals surface area contributed by atoms with Gasteiger partial charge in [0.2, 0.25) is 0 Å². The molecule has 0 aromatic heterocycles. The molecule has 0 unspecified atom stereocenters. The van der Waals surface area contributed by atoms with Crippen LogP contribution < -0.4 is 5.32 Å². The average Bonchev–Trinajstić information content (AvgIpc) is 2.24. The van der Waals surface area contributed by atoms with Crippen LogP contribution >= 0.6 is 11.6 Å². The fourth-order valence-electron chi connectivity index (χ4n) is 1.68. The first-order valence-electron chi connectivity index (χ1n) is 6.00. The van der Waals surface area contributed by atoms with Gasteiger partial charge in [0.15, 0.2) is 0 Å². The largest absolute Gasteiger partial charge is 0.396 e. The predicted molar refractivity (Wildman–Crippen MR) is 74.0 cm³/mol. The van der Waals surface area contributed by atoms with Gasteiger partial charge in [0.05, 0.1) is 0 Å². The molecule has 0 saturated carbocycles. The van der Waals surface area contributed by atoms with E-state index < -0.39 is 0 Å². The van der Waals surface area contributed by atoms with Crippen LogP contribution in [0.3, 0.4) is 0 Å². The van der Waals surface area contributed by atoms with Crippen molar-refractivity contribution in [1.29, 1.82) is 0 Å². The lowest BCUT2D eigenvalue weighted by atomic mass is 9.89. The summed E-state index contributed by atoms with van der Waals surface area (Å²) in [4.78, 5) is 12.0. The Bertz CT molecular complexity index is 410. The summed E-state index contributed by atoms with van der Waals surface area (Å²) < 4.78 is 0. The normalized spacial score (nSPS) is 11.4. The number of aryl methyl sites for hydroxylation is 1. The lowest BCUT2D eigenvalue weighted by Gasteiger charge is -2.23. The minimum absolute atomic E-state index is 0.113. The van der Waals surface area contributed by atoms with Crippen molar-refractivity contribution in [2.24, 2.45) is 5.41 Å². The summed E-state index contributed by atoms with van der Waals surface area (Å²) in [5.74, 6) is -0.133. The van der Waals surface area contributed by atoms with Crippen LogP contribution in [-0.2, 0) is 0 Å². The first kappa shape index (κ1) is 15.0. The third-order valence-corrected chi connectivity index (χ3v) is 3.04. The minimum Gasteiger partial charge on any atom is -0.396 e. The van der Waals surface area contributed by atoms with Crippen molar-refractivity contribution in [2.45, 2.75) is 27.2 Å². The summed E-state index contributed by atoms with van der Waals surface area (Å²) in [7, 11) is 0. The standard InChI is InChI=1S/C14H20ClNO2/c1-10-6-11(8-12(15)7-10)13(18)16-9-14(2,3)4-5-17/h6-8,17H,4-5,9H2,1-3H3,(H,16,18). The molecule has 4 heteroatoms. The van der Waals surface area contributed by atoms with E-state index in [4.69, 9.17) is 16.7 Å². The Labute approximate surface area is 113 Å². The number of nitrogens with one attached hydrogen (secondary N) is 1. The molecule has 3 nitrogen and oxygen atoms in total. The van der Waals surface area contributed by atoms with Crippen molar-refractivity contribution in [1.82, 2.24) is 5.32 Å². The lowest BCUT2D eigenvalue weighted by molar-refractivity contribution is 0.0928. The molecule has 18 heavy (non-hydrogen) atoms. The molecule has 0 bridgehead atoms. The number of rotatable bonds is 5. The minimum atomic E-state index is -0.133. The molecule has 0 fully saturated rings. The smallest absolute Gasteiger partial charge is 0.251 e. The first-order chi connectivity index (χ1) is 8.34. The van der Waals surface area contributed by atoms with Crippen molar-refractivity contribution in [3.63, 3.8) is 0 Å². The molecule has 1 aromatic carbocycles. The maximum absolute atomic E-state index is 12.0. The molecule has 0 spiro atoms. The van der Waals surface area contributed by atoms with Crippen LogP contribution in [0.2, 0.25) is 5.02 Å². The van der Waals surface area contributed by atoms with E-state index in [9.17, 15) is 4.79 Å². The molecule has 2 N–H and O–H groups in total. The van der Waals surface area contributed by atoms with Gasteiger partial charge in [0.1, 0.15) is 0 Å². The number of carbonyl (C=O) groups is 1. The fourth-order valence-corrected chi connectivity index (χ4v) is 1.97. The van der Waals surface area contributed by atoms with Crippen molar-refractivity contribution < 1.29 is 9.90 Å². The van der Waals surface area contributed by atoms with E-state index >= 15 is 0 Å². The van der Waals surface area contributed by atoms with Crippen LogP contribution in [-0.4, -0.2) is 24.2 Å². The number of amides is 1. The van der Waals surface area contributed by atoms with Crippen LogP contribution in [0.4, 0.5) is 0 Å². The Hall–Kier alpha value is -1.06. The van der Waals surface area contributed by atoms with E-state index in [0.717, 1.165) is 5.56 Å². The molecule has 1 amide bonds. The quantitative estimate of drug-likeness (QED) is 0.864. The zero-order valence-electron chi connectivity index (χ0n) is 11.1. The summed E-state index contributed by atoms with van der Waals surface area (Å²) in [6.45, 7) is 6.56. The highest BCUT2D eigenvalue weighted by atomic mass is 35.5. The zero-order chi connectivity index (χ0) is 13.8. The number of carbonyl (C=O) groups excluding carboxylic acids is 1. The molecule has 0 aliphatic rings. The second kappa shape index (κ2) is 6.21. The van der Waals surface area contributed by atoms with Gasteiger partial charge >= 0.3 is 0 Å².